The van der Waals surface area contributed by atoms with E-state index in [9.17, 15) is 14.7 Å². The molecule has 1 amide bonds. The molecule has 1 aliphatic heterocycles. The largest absolute Gasteiger partial charge is 0.489 e. The van der Waals surface area contributed by atoms with Crippen LogP contribution < -0.4 is 4.74 Å². The van der Waals surface area contributed by atoms with Crippen molar-refractivity contribution in [2.24, 2.45) is 0 Å². The molecule has 5 nitrogen and oxygen atoms in total. The summed E-state index contributed by atoms with van der Waals surface area (Å²) in [6.07, 6.45) is 3.66. The van der Waals surface area contributed by atoms with E-state index in [4.69, 9.17) is 28.6 Å². The molecule has 1 atom stereocenters. The number of unbranched alkanes of at least 4 members (excludes halogenated alkanes) is 1. The van der Waals surface area contributed by atoms with E-state index < -0.39 is 12.0 Å². The highest BCUT2D eigenvalue weighted by molar-refractivity contribution is 8.26. The maximum Gasteiger partial charge on any atom is 0.326 e. The lowest BCUT2D eigenvalue weighted by Crippen LogP contribution is -2.43. The fourth-order valence-electron chi connectivity index (χ4n) is 3.07. The minimum atomic E-state index is -1.03. The van der Waals surface area contributed by atoms with Gasteiger partial charge in [0.25, 0.3) is 5.91 Å². The number of carbonyl (C=O) groups is 2. The van der Waals surface area contributed by atoms with Crippen LogP contribution in [0.1, 0.15) is 37.3 Å². The zero-order chi connectivity index (χ0) is 22.4. The van der Waals surface area contributed by atoms with Crippen molar-refractivity contribution in [3.05, 3.63) is 69.6 Å². The van der Waals surface area contributed by atoms with Crippen LogP contribution in [0.4, 0.5) is 0 Å². The van der Waals surface area contributed by atoms with Crippen molar-refractivity contribution in [3.8, 4) is 5.75 Å². The fourth-order valence-corrected chi connectivity index (χ4v) is 4.55. The minimum Gasteiger partial charge on any atom is -0.489 e. The molecule has 2 aromatic rings. The van der Waals surface area contributed by atoms with Crippen LogP contribution in [0.5, 0.6) is 5.75 Å². The first-order chi connectivity index (χ1) is 14.9. The summed E-state index contributed by atoms with van der Waals surface area (Å²) in [6.45, 7) is 2.40. The van der Waals surface area contributed by atoms with Crippen LogP contribution in [-0.2, 0) is 16.2 Å². The second-order valence-electron chi connectivity index (χ2n) is 7.03. The molecule has 0 bridgehead atoms. The smallest absolute Gasteiger partial charge is 0.326 e. The van der Waals surface area contributed by atoms with Crippen LogP contribution in [0.3, 0.4) is 0 Å². The molecule has 0 spiro atoms. The maximum absolute atomic E-state index is 12.8. The number of halogens is 1. The van der Waals surface area contributed by atoms with Crippen molar-refractivity contribution in [3.63, 3.8) is 0 Å². The first-order valence-electron chi connectivity index (χ1n) is 9.86. The van der Waals surface area contributed by atoms with Gasteiger partial charge in [-0.2, -0.15) is 0 Å². The monoisotopic (exact) mass is 475 g/mol. The highest BCUT2D eigenvalue weighted by atomic mass is 35.5. The van der Waals surface area contributed by atoms with Crippen LogP contribution >= 0.6 is 35.6 Å². The Kier molecular flexibility index (Phi) is 8.12. The highest BCUT2D eigenvalue weighted by Gasteiger charge is 2.40. The molecular formula is C23H22ClNO4S2. The maximum atomic E-state index is 12.8. The molecule has 31 heavy (non-hydrogen) atoms. The van der Waals surface area contributed by atoms with Crippen molar-refractivity contribution in [2.75, 3.05) is 0 Å². The molecule has 0 radical (unpaired) electrons. The van der Waals surface area contributed by atoms with Crippen molar-refractivity contribution in [2.45, 2.75) is 38.8 Å². The number of hydrogen-bond acceptors (Lipinski definition) is 5. The Hall–Kier alpha value is -2.35. The Bertz CT molecular complexity index is 990. The zero-order valence-corrected chi connectivity index (χ0v) is 19.3. The summed E-state index contributed by atoms with van der Waals surface area (Å²) >= 11 is 12.3. The molecule has 0 aromatic heterocycles. The van der Waals surface area contributed by atoms with Gasteiger partial charge in [0.15, 0.2) is 0 Å². The molecule has 1 unspecified atom stereocenters. The van der Waals surface area contributed by atoms with Crippen LogP contribution in [0, 0.1) is 0 Å². The first kappa shape index (κ1) is 23.3. The number of thiocarbonyl (C=S) groups is 1. The van der Waals surface area contributed by atoms with E-state index in [0.29, 0.717) is 35.1 Å². The summed E-state index contributed by atoms with van der Waals surface area (Å²) in [5, 5.41) is 10.2. The summed E-state index contributed by atoms with van der Waals surface area (Å²) in [5.41, 5.74) is 1.81. The van der Waals surface area contributed by atoms with E-state index in [1.54, 1.807) is 6.08 Å². The average Bonchev–Trinajstić information content (AvgIpc) is 3.02. The molecule has 1 heterocycles. The summed E-state index contributed by atoms with van der Waals surface area (Å²) in [7, 11) is 0. The number of aliphatic carboxylic acids is 1. The van der Waals surface area contributed by atoms with Gasteiger partial charge >= 0.3 is 5.97 Å². The number of carboxylic acid groups (broad SMARTS) is 1. The summed E-state index contributed by atoms with van der Waals surface area (Å²) in [5.74, 6) is -0.695. The summed E-state index contributed by atoms with van der Waals surface area (Å²) in [4.78, 5) is 26.1. The van der Waals surface area contributed by atoms with E-state index in [0.717, 1.165) is 29.3 Å². The van der Waals surface area contributed by atoms with Gasteiger partial charge in [-0.3, -0.25) is 9.69 Å². The van der Waals surface area contributed by atoms with Gasteiger partial charge in [0.1, 0.15) is 22.7 Å². The lowest BCUT2D eigenvalue weighted by Gasteiger charge is -2.22. The van der Waals surface area contributed by atoms with Gasteiger partial charge in [0.2, 0.25) is 0 Å². The summed E-state index contributed by atoms with van der Waals surface area (Å²) < 4.78 is 6.06. The molecule has 1 aliphatic rings. The van der Waals surface area contributed by atoms with Crippen LogP contribution in [0.15, 0.2) is 53.4 Å². The highest BCUT2D eigenvalue weighted by Crippen LogP contribution is 2.35. The Balaban J connectivity index is 1.67. The molecule has 1 saturated heterocycles. The van der Waals surface area contributed by atoms with Gasteiger partial charge in [-0.25, -0.2) is 4.79 Å². The van der Waals surface area contributed by atoms with Crippen LogP contribution in [0.25, 0.3) is 6.08 Å². The molecule has 1 N–H and O–H groups in total. The minimum absolute atomic E-state index is 0.280. The second kappa shape index (κ2) is 10.8. The van der Waals surface area contributed by atoms with Gasteiger partial charge in [0.05, 0.1) is 4.91 Å². The number of amides is 1. The number of carboxylic acids is 1. The summed E-state index contributed by atoms with van der Waals surface area (Å²) in [6, 6.07) is 13.8. The van der Waals surface area contributed by atoms with Crippen molar-refractivity contribution >= 4 is 57.9 Å². The van der Waals surface area contributed by atoms with Crippen molar-refractivity contribution in [1.29, 1.82) is 0 Å². The Morgan fingerprint density at radius 3 is 2.52 bits per heavy atom. The molecule has 3 rings (SSSR count). The number of hydrogen-bond donors (Lipinski definition) is 1. The van der Waals surface area contributed by atoms with E-state index in [-0.39, 0.29) is 10.2 Å². The predicted molar refractivity (Wildman–Crippen MR) is 128 cm³/mol. The second-order valence-corrected chi connectivity index (χ2v) is 9.14. The van der Waals surface area contributed by atoms with Gasteiger partial charge < -0.3 is 9.84 Å². The third-order valence-corrected chi connectivity index (χ3v) is 6.33. The molecule has 2 aromatic carbocycles. The molecule has 162 valence electrons. The quantitative estimate of drug-likeness (QED) is 0.367. The molecule has 0 saturated carbocycles. The van der Waals surface area contributed by atoms with E-state index in [1.807, 2.05) is 55.5 Å². The number of carbonyl (C=O) groups excluding carboxylic acids is 1. The number of nitrogens with zero attached hydrogens (tertiary/aromatic N) is 1. The van der Waals surface area contributed by atoms with Crippen molar-refractivity contribution in [1.82, 2.24) is 4.90 Å². The molecular weight excluding hydrogens is 454 g/mol. The lowest BCUT2D eigenvalue weighted by atomic mass is 10.1. The number of ether oxygens (including phenoxy) is 1. The van der Waals surface area contributed by atoms with Gasteiger partial charge in [-0.15, -0.1) is 0 Å². The third-order valence-electron chi connectivity index (χ3n) is 4.75. The normalized spacial score (nSPS) is 16.1. The van der Waals surface area contributed by atoms with E-state index in [2.05, 4.69) is 0 Å². The molecule has 8 heteroatoms. The van der Waals surface area contributed by atoms with E-state index >= 15 is 0 Å². The zero-order valence-electron chi connectivity index (χ0n) is 16.9. The standard InChI is InChI=1S/C23H22ClNO4S2/c1-2-3-4-19(22(27)28)25-21(26)20(31-23(25)30)13-15-7-11-18(12-8-15)29-14-16-5-9-17(24)10-6-16/h5-13,19H,2-4,14H2,1H3,(H,27,28). The van der Waals surface area contributed by atoms with Crippen LogP contribution in [-0.4, -0.2) is 32.2 Å². The third kappa shape index (κ3) is 6.09. The number of thioether (sulfide) groups is 1. The topological polar surface area (TPSA) is 66.8 Å². The Morgan fingerprint density at radius 2 is 1.90 bits per heavy atom. The van der Waals surface area contributed by atoms with Crippen molar-refractivity contribution < 1.29 is 19.4 Å². The molecule has 0 aliphatic carbocycles. The Labute approximate surface area is 196 Å². The Morgan fingerprint density at radius 1 is 1.23 bits per heavy atom. The number of rotatable bonds is 9. The average molecular weight is 476 g/mol. The van der Waals surface area contributed by atoms with E-state index in [1.165, 1.54) is 4.90 Å². The lowest BCUT2D eigenvalue weighted by molar-refractivity contribution is -0.145. The predicted octanol–water partition coefficient (Wildman–Crippen LogP) is 5.76. The molecule has 1 fully saturated rings. The first-order valence-corrected chi connectivity index (χ1v) is 11.5. The SMILES string of the molecule is CCCCC(C(=O)O)N1C(=O)C(=Cc2ccc(OCc3ccc(Cl)cc3)cc2)SC1=S. The van der Waals surface area contributed by atoms with Gasteiger partial charge in [-0.1, -0.05) is 79.6 Å². The fraction of sp³-hybridized carbons (Fsp3) is 0.261. The van der Waals surface area contributed by atoms with Gasteiger partial charge in [0, 0.05) is 5.02 Å². The van der Waals surface area contributed by atoms with Gasteiger partial charge in [-0.05, 0) is 47.9 Å². The van der Waals surface area contributed by atoms with Crippen LogP contribution in [0.2, 0.25) is 5.02 Å². The number of benzene rings is 2.